The van der Waals surface area contributed by atoms with Gasteiger partial charge in [-0.05, 0) is 262 Å². The summed E-state index contributed by atoms with van der Waals surface area (Å²) in [5.41, 5.74) is 21.6. The van der Waals surface area contributed by atoms with Gasteiger partial charge in [0.15, 0.2) is 0 Å². The molecule has 4 aliphatic heterocycles. The van der Waals surface area contributed by atoms with Gasteiger partial charge in [-0.3, -0.25) is 20.0 Å². The van der Waals surface area contributed by atoms with E-state index in [1.807, 2.05) is 122 Å². The topological polar surface area (TPSA) is 118 Å². The Balaban J connectivity index is 0.000000135. The largest absolute Gasteiger partial charge is 0.497 e. The molecule has 8 unspecified atom stereocenters. The number of nitrogens with zero attached hydrogens (tertiary/aromatic N) is 8. The summed E-state index contributed by atoms with van der Waals surface area (Å²) in [4.78, 5) is 30.1. The number of para-hydroxylation sites is 1. The molecule has 12 aromatic carbocycles. The quantitative estimate of drug-likeness (QED) is 0.0688. The van der Waals surface area contributed by atoms with Crippen molar-refractivity contribution < 1.29 is 28.4 Å². The zero-order valence-corrected chi connectivity index (χ0v) is 69.8. The molecule has 4 aliphatic rings. The van der Waals surface area contributed by atoms with Gasteiger partial charge in [-0.25, -0.2) is 0 Å². The van der Waals surface area contributed by atoms with Crippen molar-refractivity contribution in [1.29, 1.82) is 0 Å². The average molecular weight is 1580 g/mol. The van der Waals surface area contributed by atoms with Gasteiger partial charge in [-0.2, -0.15) is 0 Å². The number of methoxy groups -OCH3 is 5. The fraction of sp³-hybridized carbons (Fsp3) is 0.240. The van der Waals surface area contributed by atoms with Crippen molar-refractivity contribution in [2.75, 3.05) is 61.8 Å². The Labute approximate surface area is 694 Å². The number of ether oxygens (including phenoxy) is 6. The molecule has 0 radical (unpaired) electrons. The molecule has 116 heavy (non-hydrogen) atoms. The molecule has 0 saturated heterocycles. The molecule has 0 bridgehead atoms. The first-order valence-electron chi connectivity index (χ1n) is 39.7. The van der Waals surface area contributed by atoms with E-state index in [-0.39, 0.29) is 48.8 Å². The number of hydrogen-bond donors (Lipinski definition) is 0. The molecule has 8 atom stereocenters. The number of benzene rings is 12. The van der Waals surface area contributed by atoms with Crippen LogP contribution in [0, 0.1) is 6.92 Å². The van der Waals surface area contributed by atoms with Crippen molar-refractivity contribution in [1.82, 2.24) is 0 Å². The minimum absolute atomic E-state index is 0.0547. The first kappa shape index (κ1) is 81.9. The summed E-state index contributed by atoms with van der Waals surface area (Å²) < 4.78 is 32.3. The number of aryl methyl sites for hydroxylation is 3. The molecule has 0 fully saturated rings. The van der Waals surface area contributed by atoms with Crippen LogP contribution in [0.1, 0.15) is 134 Å². The van der Waals surface area contributed by atoms with Crippen molar-refractivity contribution in [3.05, 3.63) is 368 Å². The highest BCUT2D eigenvalue weighted by Gasteiger charge is 2.40. The summed E-state index contributed by atoms with van der Waals surface area (Å²) in [5, 5.41) is 1.48. The molecule has 14 nitrogen and oxygen atoms in total. The van der Waals surface area contributed by atoms with Crippen LogP contribution in [0.2, 0.25) is 10.0 Å². The Bertz CT molecular complexity index is 5310. The SMILES string of the molecule is CCOc1ccc(N2C(C)C(c3ccc(CC)cc3)=NC2c2ccc(OC)cc2)cc1.CCc1ccc(C2=NC(c3ccc(OC)cc3)N(c3ccc(OC)cc3)C2C)cc1.COc1ccc(C2=NC(c3ccc(OC)cc3)N(c3ccc(Cl)cc3)C2C)cc1.Cc1ccc(C2=NC(c3ccccc3)N(c3ccccc3)C2C)c(Cl)c1. The molecule has 0 spiro atoms. The highest BCUT2D eigenvalue weighted by Crippen LogP contribution is 2.44. The normalized spacial score (nSPS) is 18.5. The Morgan fingerprint density at radius 3 is 0.922 bits per heavy atom. The maximum absolute atomic E-state index is 6.56. The minimum atomic E-state index is -0.130. The number of halogens is 2. The maximum atomic E-state index is 6.56. The molecule has 12 aromatic rings. The van der Waals surface area contributed by atoms with Gasteiger partial charge < -0.3 is 48.0 Å². The second kappa shape index (κ2) is 38.4. The molecule has 0 aromatic heterocycles. The molecular formula is C100H102Cl2N8O6. The third-order valence-corrected chi connectivity index (χ3v) is 22.4. The van der Waals surface area contributed by atoms with Crippen molar-refractivity contribution in [3.63, 3.8) is 0 Å². The summed E-state index contributed by atoms with van der Waals surface area (Å²) in [6, 6.07) is 102. The average Bonchev–Trinajstić information content (AvgIpc) is 1.56. The summed E-state index contributed by atoms with van der Waals surface area (Å²) in [6.45, 7) is 17.9. The van der Waals surface area contributed by atoms with Gasteiger partial charge in [0, 0.05) is 38.4 Å². The van der Waals surface area contributed by atoms with Gasteiger partial charge in [0.05, 0.1) is 89.2 Å². The van der Waals surface area contributed by atoms with Gasteiger partial charge in [0.2, 0.25) is 0 Å². The fourth-order valence-corrected chi connectivity index (χ4v) is 15.9. The highest BCUT2D eigenvalue weighted by molar-refractivity contribution is 6.35. The molecule has 0 saturated carbocycles. The van der Waals surface area contributed by atoms with E-state index in [4.69, 9.17) is 71.6 Å². The Morgan fingerprint density at radius 2 is 0.586 bits per heavy atom. The number of anilines is 4. The van der Waals surface area contributed by atoms with E-state index in [0.29, 0.717) is 6.61 Å². The van der Waals surface area contributed by atoms with E-state index in [2.05, 4.69) is 250 Å². The fourth-order valence-electron chi connectivity index (χ4n) is 15.4. The van der Waals surface area contributed by atoms with E-state index < -0.39 is 0 Å². The first-order chi connectivity index (χ1) is 56.5. The molecule has 0 amide bonds. The third-order valence-electron chi connectivity index (χ3n) is 21.8. The summed E-state index contributed by atoms with van der Waals surface area (Å²) in [6.07, 6.45) is 1.69. The van der Waals surface area contributed by atoms with Crippen molar-refractivity contribution in [2.45, 2.75) is 117 Å². The van der Waals surface area contributed by atoms with Crippen LogP contribution in [0.25, 0.3) is 0 Å². The number of hydrogen-bond acceptors (Lipinski definition) is 14. The summed E-state index contributed by atoms with van der Waals surface area (Å²) in [7, 11) is 8.41. The maximum Gasteiger partial charge on any atom is 0.148 e. The zero-order chi connectivity index (χ0) is 81.4. The van der Waals surface area contributed by atoms with Crippen LogP contribution in [0.5, 0.6) is 34.5 Å². The van der Waals surface area contributed by atoms with Gasteiger partial charge in [-0.1, -0.05) is 183 Å². The van der Waals surface area contributed by atoms with E-state index in [1.54, 1.807) is 35.5 Å². The number of rotatable bonds is 21. The van der Waals surface area contributed by atoms with Crippen LogP contribution in [-0.2, 0) is 12.8 Å². The van der Waals surface area contributed by atoms with E-state index in [0.717, 1.165) is 136 Å². The summed E-state index contributed by atoms with van der Waals surface area (Å²) >= 11 is 12.7. The standard InChI is InChI=1S/C27H30N2O2.C26H28N2O2.C24H23ClN2O2.C23H21ClN2/c1-5-20-7-9-21(10-8-20)26-19(3)29(23-13-17-25(18-14-23)31-6-2)27(28-26)22-11-15-24(30-4)16-12-22;1-5-19-6-8-20(9-7-19)25-18(2)28(22-12-16-24(30-4)17-13-22)26(27-25)21-10-14-23(29-3)15-11-21;1-16-23(17-4-12-21(28-2)13-5-17)26-24(18-6-14-22(29-3)15-7-18)27(16)20-10-8-19(25)9-11-20;1-16-13-14-20(21(24)15-16)22-17(2)26(19-11-7-4-8-12-19)23(25-22)18-9-5-3-6-10-18/h7-19,27H,5-6H2,1-4H3;6-18,26H,5H2,1-4H3;4-16,24H,1-3H3;3-15,17,23H,1-2H3. The summed E-state index contributed by atoms with van der Waals surface area (Å²) in [5.74, 6) is 5.10. The molecular weight excluding hydrogens is 1480 g/mol. The van der Waals surface area contributed by atoms with Gasteiger partial charge in [0.1, 0.15) is 59.2 Å². The molecule has 16 heteroatoms. The Hall–Kier alpha value is -12.1. The van der Waals surface area contributed by atoms with Gasteiger partial charge in [-0.15, -0.1) is 0 Å². The van der Waals surface area contributed by atoms with Gasteiger partial charge in [0.25, 0.3) is 0 Å². The van der Waals surface area contributed by atoms with E-state index in [9.17, 15) is 0 Å². The van der Waals surface area contributed by atoms with Crippen LogP contribution in [-0.4, -0.2) is 89.2 Å². The zero-order valence-electron chi connectivity index (χ0n) is 68.3. The predicted molar refractivity (Wildman–Crippen MR) is 480 cm³/mol. The third kappa shape index (κ3) is 18.6. The van der Waals surface area contributed by atoms with Crippen LogP contribution >= 0.6 is 23.2 Å². The molecule has 4 heterocycles. The van der Waals surface area contributed by atoms with Crippen LogP contribution in [0.15, 0.2) is 317 Å². The Kier molecular flexibility index (Phi) is 27.1. The van der Waals surface area contributed by atoms with Crippen LogP contribution in [0.4, 0.5) is 22.7 Å². The van der Waals surface area contributed by atoms with E-state index in [1.165, 1.54) is 27.8 Å². The lowest BCUT2D eigenvalue weighted by Gasteiger charge is -2.30. The first-order valence-corrected chi connectivity index (χ1v) is 40.5. The lowest BCUT2D eigenvalue weighted by atomic mass is 10.0. The van der Waals surface area contributed by atoms with Crippen molar-refractivity contribution in [2.24, 2.45) is 20.0 Å². The second-order valence-electron chi connectivity index (χ2n) is 28.9. The van der Waals surface area contributed by atoms with Crippen molar-refractivity contribution in [3.8, 4) is 34.5 Å². The highest BCUT2D eigenvalue weighted by atomic mass is 35.5. The lowest BCUT2D eigenvalue weighted by Crippen LogP contribution is -2.35. The van der Waals surface area contributed by atoms with E-state index >= 15 is 0 Å². The predicted octanol–water partition coefficient (Wildman–Crippen LogP) is 23.5. The van der Waals surface area contributed by atoms with Crippen LogP contribution in [0.3, 0.4) is 0 Å². The second-order valence-corrected chi connectivity index (χ2v) is 29.7. The smallest absolute Gasteiger partial charge is 0.148 e. The molecule has 0 N–H and O–H groups in total. The minimum Gasteiger partial charge on any atom is -0.497 e. The van der Waals surface area contributed by atoms with Crippen LogP contribution < -0.4 is 48.0 Å². The van der Waals surface area contributed by atoms with Crippen molar-refractivity contribution >= 4 is 68.8 Å². The monoisotopic (exact) mass is 1580 g/mol. The molecule has 16 rings (SSSR count). The van der Waals surface area contributed by atoms with Gasteiger partial charge >= 0.3 is 0 Å². The molecule has 592 valence electrons. The lowest BCUT2D eigenvalue weighted by molar-refractivity contribution is 0.340. The number of aliphatic imine (C=N–C) groups is 4. The Morgan fingerprint density at radius 1 is 0.302 bits per heavy atom. The molecule has 0 aliphatic carbocycles.